The molecular formula is C19H29ClN2O2. The molecule has 2 aliphatic rings. The first-order valence-corrected chi connectivity index (χ1v) is 8.68. The van der Waals surface area contributed by atoms with Crippen molar-refractivity contribution >= 4 is 18.3 Å². The van der Waals surface area contributed by atoms with Gasteiger partial charge in [0.05, 0.1) is 0 Å². The van der Waals surface area contributed by atoms with Gasteiger partial charge in [0.1, 0.15) is 5.60 Å². The first-order valence-electron chi connectivity index (χ1n) is 8.68. The van der Waals surface area contributed by atoms with Crippen LogP contribution in [0.1, 0.15) is 49.0 Å². The van der Waals surface area contributed by atoms with E-state index in [2.05, 4.69) is 24.8 Å². The third-order valence-electron chi connectivity index (χ3n) is 5.89. The maximum Gasteiger partial charge on any atom is 0.248 e. The molecule has 2 bridgehead atoms. The monoisotopic (exact) mass is 352 g/mol. The second kappa shape index (κ2) is 7.42. The molecule has 1 amide bonds. The Morgan fingerprint density at radius 3 is 2.42 bits per heavy atom. The standard InChI is InChI=1S/C19H28N2O2.ClH/c1-13(2)21-11-16-8-5-9-17(12-21)19(16,23-3)15-7-4-6-14(10-15)18(20)22;/h4,6-7,10,13,16-17H,5,8-9,11-12H2,1-3H3,(H2,20,22);1H/t16-,17+,19-;. The zero-order valence-electron chi connectivity index (χ0n) is 14.8. The highest BCUT2D eigenvalue weighted by Crippen LogP contribution is 2.51. The lowest BCUT2D eigenvalue weighted by Crippen LogP contribution is -2.60. The van der Waals surface area contributed by atoms with E-state index in [9.17, 15) is 4.79 Å². The Balaban J connectivity index is 0.00000208. The topological polar surface area (TPSA) is 55.6 Å². The van der Waals surface area contributed by atoms with Gasteiger partial charge in [0.2, 0.25) is 5.91 Å². The molecule has 2 fully saturated rings. The van der Waals surface area contributed by atoms with Crippen molar-refractivity contribution in [1.29, 1.82) is 0 Å². The van der Waals surface area contributed by atoms with Crippen molar-refractivity contribution in [3.8, 4) is 0 Å². The number of hydrogen-bond acceptors (Lipinski definition) is 3. The molecule has 5 heteroatoms. The van der Waals surface area contributed by atoms with E-state index < -0.39 is 0 Å². The number of rotatable bonds is 4. The van der Waals surface area contributed by atoms with Crippen LogP contribution >= 0.6 is 12.4 Å². The van der Waals surface area contributed by atoms with Crippen molar-refractivity contribution < 1.29 is 9.53 Å². The van der Waals surface area contributed by atoms with Crippen molar-refractivity contribution in [3.05, 3.63) is 35.4 Å². The van der Waals surface area contributed by atoms with Crippen LogP contribution in [-0.4, -0.2) is 37.0 Å². The van der Waals surface area contributed by atoms with Crippen LogP contribution in [0.4, 0.5) is 0 Å². The molecule has 1 saturated heterocycles. The number of likely N-dealkylation sites (tertiary alicyclic amines) is 1. The van der Waals surface area contributed by atoms with E-state index in [-0.39, 0.29) is 23.9 Å². The predicted octanol–water partition coefficient (Wildman–Crippen LogP) is 3.19. The Bertz CT molecular complexity index is 576. The zero-order valence-corrected chi connectivity index (χ0v) is 15.6. The molecule has 0 unspecified atom stereocenters. The van der Waals surface area contributed by atoms with Gasteiger partial charge in [0.15, 0.2) is 0 Å². The van der Waals surface area contributed by atoms with E-state index in [4.69, 9.17) is 10.5 Å². The van der Waals surface area contributed by atoms with E-state index in [0.717, 1.165) is 18.7 Å². The van der Waals surface area contributed by atoms with E-state index in [1.807, 2.05) is 19.2 Å². The first kappa shape index (κ1) is 19.2. The molecule has 1 saturated carbocycles. The average Bonchev–Trinajstić information content (AvgIpc) is 2.53. The molecule has 1 aromatic rings. The lowest BCUT2D eigenvalue weighted by atomic mass is 9.62. The van der Waals surface area contributed by atoms with Crippen LogP contribution in [0.3, 0.4) is 0 Å². The van der Waals surface area contributed by atoms with Crippen molar-refractivity contribution in [3.63, 3.8) is 0 Å². The largest absolute Gasteiger partial charge is 0.373 e. The van der Waals surface area contributed by atoms with Crippen LogP contribution in [0.25, 0.3) is 0 Å². The Labute approximate surface area is 151 Å². The number of carbonyl (C=O) groups is 1. The van der Waals surface area contributed by atoms with Gasteiger partial charge in [-0.1, -0.05) is 18.6 Å². The summed E-state index contributed by atoms with van der Waals surface area (Å²) >= 11 is 0. The highest BCUT2D eigenvalue weighted by atomic mass is 35.5. The number of piperidine rings is 1. The summed E-state index contributed by atoms with van der Waals surface area (Å²) in [7, 11) is 1.83. The van der Waals surface area contributed by atoms with Gasteiger partial charge in [-0.2, -0.15) is 0 Å². The summed E-state index contributed by atoms with van der Waals surface area (Å²) in [5, 5.41) is 0. The summed E-state index contributed by atoms with van der Waals surface area (Å²) in [6.45, 7) is 6.65. The second-order valence-electron chi connectivity index (χ2n) is 7.31. The van der Waals surface area contributed by atoms with Gasteiger partial charge in [-0.3, -0.25) is 4.79 Å². The van der Waals surface area contributed by atoms with Crippen LogP contribution in [0.2, 0.25) is 0 Å². The highest BCUT2D eigenvalue weighted by molar-refractivity contribution is 5.92. The summed E-state index contributed by atoms with van der Waals surface area (Å²) in [6.07, 6.45) is 3.62. The maximum absolute atomic E-state index is 11.6. The van der Waals surface area contributed by atoms with Crippen molar-refractivity contribution in [1.82, 2.24) is 4.90 Å². The molecule has 1 aromatic carbocycles. The minimum atomic E-state index is -0.372. The second-order valence-corrected chi connectivity index (χ2v) is 7.31. The number of methoxy groups -OCH3 is 1. The van der Waals surface area contributed by atoms with Crippen LogP contribution in [-0.2, 0) is 10.3 Å². The third kappa shape index (κ3) is 3.07. The Kier molecular flexibility index (Phi) is 5.95. The molecule has 1 heterocycles. The number of hydrogen-bond donors (Lipinski definition) is 1. The minimum Gasteiger partial charge on any atom is -0.373 e. The van der Waals surface area contributed by atoms with Gasteiger partial charge >= 0.3 is 0 Å². The van der Waals surface area contributed by atoms with Gasteiger partial charge in [0, 0.05) is 43.6 Å². The Morgan fingerprint density at radius 1 is 1.29 bits per heavy atom. The predicted molar refractivity (Wildman–Crippen MR) is 98.4 cm³/mol. The van der Waals surface area contributed by atoms with E-state index in [1.165, 1.54) is 19.3 Å². The average molecular weight is 353 g/mol. The number of halogens is 1. The Hall–Kier alpha value is -1.10. The maximum atomic E-state index is 11.6. The van der Waals surface area contributed by atoms with Crippen molar-refractivity contribution in [2.24, 2.45) is 17.6 Å². The molecule has 2 N–H and O–H groups in total. The lowest BCUT2D eigenvalue weighted by molar-refractivity contribution is -0.172. The van der Waals surface area contributed by atoms with E-state index in [0.29, 0.717) is 23.4 Å². The molecule has 1 aliphatic heterocycles. The number of benzene rings is 1. The van der Waals surface area contributed by atoms with Crippen molar-refractivity contribution in [2.75, 3.05) is 20.2 Å². The molecule has 0 spiro atoms. The molecular weight excluding hydrogens is 324 g/mol. The van der Waals surface area contributed by atoms with Crippen LogP contribution in [0.5, 0.6) is 0 Å². The molecule has 3 rings (SSSR count). The molecule has 24 heavy (non-hydrogen) atoms. The van der Waals surface area contributed by atoms with Crippen LogP contribution in [0.15, 0.2) is 24.3 Å². The number of ether oxygens (including phenoxy) is 1. The number of nitrogens with two attached hydrogens (primary N) is 1. The summed E-state index contributed by atoms with van der Waals surface area (Å²) in [5.41, 5.74) is 6.90. The number of primary amides is 1. The molecule has 4 nitrogen and oxygen atoms in total. The smallest absolute Gasteiger partial charge is 0.248 e. The molecule has 134 valence electrons. The lowest BCUT2D eigenvalue weighted by Gasteiger charge is -2.56. The fourth-order valence-corrected chi connectivity index (χ4v) is 4.73. The Morgan fingerprint density at radius 2 is 1.92 bits per heavy atom. The van der Waals surface area contributed by atoms with Gasteiger partial charge < -0.3 is 15.4 Å². The van der Waals surface area contributed by atoms with Gasteiger partial charge in [-0.15, -0.1) is 12.4 Å². The van der Waals surface area contributed by atoms with Crippen molar-refractivity contribution in [2.45, 2.75) is 44.8 Å². The summed E-state index contributed by atoms with van der Waals surface area (Å²) in [6, 6.07) is 8.33. The fourth-order valence-electron chi connectivity index (χ4n) is 4.73. The summed E-state index contributed by atoms with van der Waals surface area (Å²) in [5.74, 6) is 0.555. The minimum absolute atomic E-state index is 0. The molecule has 0 aromatic heterocycles. The number of nitrogens with zero attached hydrogens (tertiary/aromatic N) is 1. The number of carbonyl (C=O) groups excluding carboxylic acids is 1. The highest BCUT2D eigenvalue weighted by Gasteiger charge is 2.53. The van der Waals surface area contributed by atoms with E-state index in [1.54, 1.807) is 6.07 Å². The first-order chi connectivity index (χ1) is 11.0. The third-order valence-corrected chi connectivity index (χ3v) is 5.89. The normalized spacial score (nSPS) is 30.0. The van der Waals surface area contributed by atoms with Gasteiger partial charge in [-0.05, 0) is 44.4 Å². The summed E-state index contributed by atoms with van der Waals surface area (Å²) < 4.78 is 6.22. The SMILES string of the molecule is CO[C@]1(c2cccc(C(N)=O)c2)[C@@H]2CCC[C@H]1CN(C(C)C)C2.Cl. The fraction of sp³-hybridized carbons (Fsp3) is 0.632. The molecule has 3 atom stereocenters. The number of fused-ring (bicyclic) bond motifs is 2. The van der Waals surface area contributed by atoms with Crippen LogP contribution in [0, 0.1) is 11.8 Å². The quantitative estimate of drug-likeness (QED) is 0.905. The molecule has 1 aliphatic carbocycles. The molecule has 0 radical (unpaired) electrons. The van der Waals surface area contributed by atoms with Crippen LogP contribution < -0.4 is 5.73 Å². The van der Waals surface area contributed by atoms with Gasteiger partial charge in [-0.25, -0.2) is 0 Å². The van der Waals surface area contributed by atoms with Gasteiger partial charge in [0.25, 0.3) is 0 Å². The summed E-state index contributed by atoms with van der Waals surface area (Å²) in [4.78, 5) is 14.2. The van der Waals surface area contributed by atoms with E-state index >= 15 is 0 Å². The number of amides is 1. The zero-order chi connectivity index (χ0) is 16.6.